The molecule has 0 fully saturated rings. The highest BCUT2D eigenvalue weighted by Crippen LogP contribution is 2.36. The van der Waals surface area contributed by atoms with Gasteiger partial charge in [0, 0.05) is 11.6 Å². The fourth-order valence-electron chi connectivity index (χ4n) is 2.05. The number of methoxy groups -OCH3 is 1. The van der Waals surface area contributed by atoms with E-state index in [-0.39, 0.29) is 11.7 Å². The molecule has 0 aliphatic carbocycles. The molecule has 0 spiro atoms. The number of nitrogens with zero attached hydrogens (tertiary/aromatic N) is 3. The van der Waals surface area contributed by atoms with E-state index in [1.807, 2.05) is 19.9 Å². The first-order valence-corrected chi connectivity index (χ1v) is 6.85. The maximum atomic E-state index is 9.23. The molecule has 0 radical (unpaired) electrons. The van der Waals surface area contributed by atoms with E-state index in [0.29, 0.717) is 28.6 Å². The number of hydrogen-bond acceptors (Lipinski definition) is 6. The lowest BCUT2D eigenvalue weighted by Crippen LogP contribution is -2.02. The summed E-state index contributed by atoms with van der Waals surface area (Å²) in [5, 5.41) is 9.23. The van der Waals surface area contributed by atoms with Crippen LogP contribution in [-0.2, 0) is 0 Å². The Kier molecular flexibility index (Phi) is 4.47. The Hall–Kier alpha value is -2.81. The summed E-state index contributed by atoms with van der Waals surface area (Å²) in [7, 11) is 1.53. The van der Waals surface area contributed by atoms with E-state index in [0.717, 1.165) is 5.56 Å². The van der Waals surface area contributed by atoms with Crippen LogP contribution in [-0.4, -0.2) is 17.1 Å². The van der Waals surface area contributed by atoms with Gasteiger partial charge in [-0.1, -0.05) is 13.8 Å². The largest absolute Gasteiger partial charge is 0.495 e. The summed E-state index contributed by atoms with van der Waals surface area (Å²) in [5.74, 6) is 2.45. The topological polar surface area (TPSA) is 94.1 Å². The molecule has 22 heavy (non-hydrogen) atoms. The first-order valence-electron chi connectivity index (χ1n) is 6.85. The van der Waals surface area contributed by atoms with Crippen LogP contribution < -0.4 is 15.2 Å². The van der Waals surface area contributed by atoms with Gasteiger partial charge in [-0.3, -0.25) is 0 Å². The summed E-state index contributed by atoms with van der Waals surface area (Å²) < 4.78 is 11.1. The lowest BCUT2D eigenvalue weighted by Gasteiger charge is -2.16. The van der Waals surface area contributed by atoms with Gasteiger partial charge in [-0.25, -0.2) is 9.97 Å². The zero-order valence-electron chi connectivity index (χ0n) is 13.0. The monoisotopic (exact) mass is 298 g/mol. The molecule has 2 rings (SSSR count). The second-order valence-electron chi connectivity index (χ2n) is 5.13. The first kappa shape index (κ1) is 15.6. The van der Waals surface area contributed by atoms with Gasteiger partial charge in [-0.15, -0.1) is 0 Å². The second-order valence-corrected chi connectivity index (χ2v) is 5.13. The van der Waals surface area contributed by atoms with E-state index in [1.54, 1.807) is 13.0 Å². The molecule has 0 unspecified atom stereocenters. The summed E-state index contributed by atoms with van der Waals surface area (Å²) in [4.78, 5) is 8.15. The molecule has 0 aliphatic rings. The lowest BCUT2D eigenvalue weighted by molar-refractivity contribution is 0.409. The van der Waals surface area contributed by atoms with Crippen LogP contribution in [0.1, 0.15) is 36.7 Å². The summed E-state index contributed by atoms with van der Waals surface area (Å²) in [5.41, 5.74) is 7.17. The van der Waals surface area contributed by atoms with E-state index in [9.17, 15) is 5.26 Å². The van der Waals surface area contributed by atoms with Crippen molar-refractivity contribution in [1.29, 1.82) is 5.26 Å². The Labute approximate surface area is 129 Å². The van der Waals surface area contributed by atoms with E-state index >= 15 is 0 Å². The Balaban J connectivity index is 2.51. The van der Waals surface area contributed by atoms with Crippen LogP contribution in [0, 0.1) is 18.3 Å². The van der Waals surface area contributed by atoms with Gasteiger partial charge in [0.2, 0.25) is 0 Å². The van der Waals surface area contributed by atoms with Crippen LogP contribution in [0.5, 0.6) is 17.2 Å². The van der Waals surface area contributed by atoms with E-state index in [1.165, 1.54) is 13.3 Å². The van der Waals surface area contributed by atoms with Gasteiger partial charge >= 0.3 is 0 Å². The quantitative estimate of drug-likeness (QED) is 0.931. The predicted octanol–water partition coefficient (Wildman–Crippen LogP) is 3.16. The molecule has 0 saturated heterocycles. The maximum absolute atomic E-state index is 9.23. The number of nitrogen functional groups attached to an aromatic ring is 1. The van der Waals surface area contributed by atoms with Crippen molar-refractivity contribution < 1.29 is 9.47 Å². The average molecular weight is 298 g/mol. The van der Waals surface area contributed by atoms with Crippen LogP contribution in [0.15, 0.2) is 18.3 Å². The first-order chi connectivity index (χ1) is 10.5. The molecule has 0 aliphatic heterocycles. The minimum Gasteiger partial charge on any atom is -0.495 e. The molecule has 1 heterocycles. The van der Waals surface area contributed by atoms with Gasteiger partial charge < -0.3 is 15.2 Å². The van der Waals surface area contributed by atoms with Crippen molar-refractivity contribution in [3.8, 4) is 23.3 Å². The number of anilines is 1. The zero-order chi connectivity index (χ0) is 16.3. The van der Waals surface area contributed by atoms with Crippen LogP contribution >= 0.6 is 0 Å². The van der Waals surface area contributed by atoms with Crippen molar-refractivity contribution in [3.63, 3.8) is 0 Å². The minimum atomic E-state index is 0.184. The van der Waals surface area contributed by atoms with E-state index in [2.05, 4.69) is 16.0 Å². The third-order valence-corrected chi connectivity index (χ3v) is 3.20. The Morgan fingerprint density at radius 3 is 2.50 bits per heavy atom. The lowest BCUT2D eigenvalue weighted by atomic mass is 9.99. The summed E-state index contributed by atoms with van der Waals surface area (Å²) in [6.07, 6.45) is 1.53. The van der Waals surface area contributed by atoms with E-state index in [4.69, 9.17) is 15.2 Å². The molecule has 0 bridgehead atoms. The normalized spacial score (nSPS) is 10.4. The average Bonchev–Trinajstić information content (AvgIpc) is 2.49. The number of benzene rings is 1. The highest BCUT2D eigenvalue weighted by molar-refractivity contribution is 5.55. The van der Waals surface area contributed by atoms with Crippen molar-refractivity contribution in [2.24, 2.45) is 0 Å². The number of rotatable bonds is 4. The molecule has 1 aromatic heterocycles. The van der Waals surface area contributed by atoms with Crippen molar-refractivity contribution in [2.45, 2.75) is 26.7 Å². The number of aromatic nitrogens is 2. The molecule has 114 valence electrons. The summed E-state index contributed by atoms with van der Waals surface area (Å²) in [6, 6.07) is 5.55. The van der Waals surface area contributed by atoms with Gasteiger partial charge in [-0.05, 0) is 18.9 Å². The van der Waals surface area contributed by atoms with Crippen LogP contribution in [0.2, 0.25) is 0 Å². The highest BCUT2D eigenvalue weighted by Gasteiger charge is 2.16. The Morgan fingerprint density at radius 2 is 1.95 bits per heavy atom. The third-order valence-electron chi connectivity index (χ3n) is 3.20. The smallest absolute Gasteiger partial charge is 0.187 e. The summed E-state index contributed by atoms with van der Waals surface area (Å²) in [6.45, 7) is 5.81. The molecule has 0 saturated carbocycles. The Morgan fingerprint density at radius 1 is 1.23 bits per heavy atom. The molecule has 2 N–H and O–H groups in total. The molecular formula is C16H18N4O2. The summed E-state index contributed by atoms with van der Waals surface area (Å²) >= 11 is 0. The van der Waals surface area contributed by atoms with Crippen molar-refractivity contribution in [2.75, 3.05) is 12.8 Å². The van der Waals surface area contributed by atoms with Crippen molar-refractivity contribution >= 4 is 5.82 Å². The van der Waals surface area contributed by atoms with Gasteiger partial charge in [-0.2, -0.15) is 5.26 Å². The molecule has 6 heteroatoms. The van der Waals surface area contributed by atoms with Gasteiger partial charge in [0.05, 0.1) is 18.9 Å². The molecular weight excluding hydrogens is 280 g/mol. The fraction of sp³-hybridized carbons (Fsp3) is 0.312. The van der Waals surface area contributed by atoms with Gasteiger partial charge in [0.15, 0.2) is 11.6 Å². The third kappa shape index (κ3) is 3.09. The second kappa shape index (κ2) is 6.31. The Bertz CT molecular complexity index is 736. The van der Waals surface area contributed by atoms with Crippen LogP contribution in [0.3, 0.4) is 0 Å². The molecule has 2 aromatic rings. The maximum Gasteiger partial charge on any atom is 0.187 e. The minimum absolute atomic E-state index is 0.184. The van der Waals surface area contributed by atoms with Crippen LogP contribution in [0.25, 0.3) is 0 Å². The van der Waals surface area contributed by atoms with Crippen LogP contribution in [0.4, 0.5) is 5.82 Å². The van der Waals surface area contributed by atoms with Crippen molar-refractivity contribution in [3.05, 3.63) is 35.3 Å². The number of nitriles is 1. The number of ether oxygens (including phenoxy) is 2. The number of hydrogen-bond donors (Lipinski definition) is 1. The molecule has 6 nitrogen and oxygen atoms in total. The highest BCUT2D eigenvalue weighted by atomic mass is 16.5. The van der Waals surface area contributed by atoms with Crippen molar-refractivity contribution in [1.82, 2.24) is 9.97 Å². The fourth-order valence-corrected chi connectivity index (χ4v) is 2.05. The zero-order valence-corrected chi connectivity index (χ0v) is 13.0. The molecule has 1 aromatic carbocycles. The predicted molar refractivity (Wildman–Crippen MR) is 83.1 cm³/mol. The number of nitrogens with two attached hydrogens (primary N) is 1. The van der Waals surface area contributed by atoms with Gasteiger partial charge in [0.1, 0.15) is 23.4 Å². The van der Waals surface area contributed by atoms with E-state index < -0.39 is 0 Å². The van der Waals surface area contributed by atoms with Gasteiger partial charge in [0.25, 0.3) is 0 Å². The molecule has 0 atom stereocenters. The number of aryl methyl sites for hydroxylation is 1. The SMILES string of the molecule is COc1cc(C(C)C)c(Oc2cnc(C)nc2N)cc1C#N. The standard InChI is InChI=1S/C16H18N4O2/c1-9(2)12-6-13(21-4)11(7-17)5-14(12)22-15-8-19-10(3)20-16(15)18/h5-6,8-9H,1-4H3,(H2,18,19,20). The molecule has 0 amide bonds.